The van der Waals surface area contributed by atoms with E-state index in [0.717, 1.165) is 35.5 Å². The van der Waals surface area contributed by atoms with E-state index in [2.05, 4.69) is 15.6 Å². The normalized spacial score (nSPS) is 13.3. The average molecular weight is 288 g/mol. The smallest absolute Gasteiger partial charge is 0.251 e. The average Bonchev–Trinajstić information content (AvgIpc) is 2.71. The van der Waals surface area contributed by atoms with Gasteiger partial charge in [-0.3, -0.25) is 4.79 Å². The molecule has 1 amide bonds. The van der Waals surface area contributed by atoms with Crippen LogP contribution in [0.3, 0.4) is 0 Å². The van der Waals surface area contributed by atoms with Crippen LogP contribution in [-0.2, 0) is 6.54 Å². The van der Waals surface area contributed by atoms with E-state index in [-0.39, 0.29) is 0 Å². The number of hydrogen-bond acceptors (Lipinski definition) is 2. The first-order chi connectivity index (χ1) is 9.61. The van der Waals surface area contributed by atoms with Gasteiger partial charge in [-0.25, -0.2) is 4.98 Å². The quantitative estimate of drug-likeness (QED) is 0.863. The molecule has 0 saturated heterocycles. The van der Waals surface area contributed by atoms with Crippen molar-refractivity contribution in [2.45, 2.75) is 19.9 Å². The molecule has 3 heterocycles. The number of nitrogens with two attached hydrogens (primary N) is 1. The van der Waals surface area contributed by atoms with Crippen molar-refractivity contribution in [2.24, 2.45) is 5.73 Å². The minimum atomic E-state index is -0.413. The third-order valence-corrected chi connectivity index (χ3v) is 3.90. The highest BCUT2D eigenvalue weighted by Gasteiger charge is 2.25. The number of hydrogen-bond donors (Lipinski definition) is 1. The zero-order valence-corrected chi connectivity index (χ0v) is 11.8. The van der Waals surface area contributed by atoms with Gasteiger partial charge in [0.05, 0.1) is 17.0 Å². The molecule has 5 heteroatoms. The maximum atomic E-state index is 11.7. The van der Waals surface area contributed by atoms with Crippen LogP contribution in [0.4, 0.5) is 0 Å². The summed E-state index contributed by atoms with van der Waals surface area (Å²) in [5.41, 5.74) is 9.57. The molecule has 0 unspecified atom stereocenters. The Labute approximate surface area is 121 Å². The Kier molecular flexibility index (Phi) is 3.10. The Balaban J connectivity index is 2.35. The molecule has 0 bridgehead atoms. The molecule has 2 aromatic heterocycles. The summed E-state index contributed by atoms with van der Waals surface area (Å²) < 4.78 is 2.10. The van der Waals surface area contributed by atoms with Gasteiger partial charge in [0.15, 0.2) is 0 Å². The SMILES string of the molecule is Cc1c(C(N)=O)c2n(c1-c1cccnc1Cl)CCC=C2. The molecule has 4 nitrogen and oxygen atoms in total. The van der Waals surface area contributed by atoms with Gasteiger partial charge in [-0.05, 0) is 37.1 Å². The highest BCUT2D eigenvalue weighted by Crippen LogP contribution is 2.36. The number of primary amides is 1. The molecule has 0 aromatic carbocycles. The predicted molar refractivity (Wildman–Crippen MR) is 79.6 cm³/mol. The number of fused-ring (bicyclic) bond motifs is 1. The minimum absolute atomic E-state index is 0.413. The molecule has 0 fully saturated rings. The van der Waals surface area contributed by atoms with Crippen molar-refractivity contribution in [2.75, 3.05) is 0 Å². The fourth-order valence-electron chi connectivity index (χ4n) is 2.79. The lowest BCUT2D eigenvalue weighted by Crippen LogP contribution is -2.14. The van der Waals surface area contributed by atoms with Crippen molar-refractivity contribution in [1.29, 1.82) is 0 Å². The Morgan fingerprint density at radius 3 is 3.00 bits per heavy atom. The Morgan fingerprint density at radius 1 is 1.50 bits per heavy atom. The maximum Gasteiger partial charge on any atom is 0.251 e. The first-order valence-corrected chi connectivity index (χ1v) is 6.79. The molecule has 0 atom stereocenters. The fraction of sp³-hybridized carbons (Fsp3) is 0.200. The first-order valence-electron chi connectivity index (χ1n) is 6.41. The second kappa shape index (κ2) is 4.80. The van der Waals surface area contributed by atoms with E-state index in [1.165, 1.54) is 0 Å². The molecule has 1 aliphatic heterocycles. The van der Waals surface area contributed by atoms with Gasteiger partial charge >= 0.3 is 0 Å². The summed E-state index contributed by atoms with van der Waals surface area (Å²) in [6, 6.07) is 3.75. The molecule has 1 aliphatic rings. The molecule has 102 valence electrons. The fourth-order valence-corrected chi connectivity index (χ4v) is 3.00. The van der Waals surface area contributed by atoms with Gasteiger partial charge in [-0.15, -0.1) is 0 Å². The number of pyridine rings is 1. The summed E-state index contributed by atoms with van der Waals surface area (Å²) in [6.07, 6.45) is 6.57. The van der Waals surface area contributed by atoms with E-state index in [1.807, 2.05) is 25.1 Å². The first kappa shape index (κ1) is 12.9. The number of halogens is 1. The molecular formula is C15H14ClN3O. The lowest BCUT2D eigenvalue weighted by molar-refractivity contribution is 0.0999. The summed E-state index contributed by atoms with van der Waals surface area (Å²) in [6.45, 7) is 2.71. The second-order valence-electron chi connectivity index (χ2n) is 4.78. The van der Waals surface area contributed by atoms with E-state index in [4.69, 9.17) is 17.3 Å². The molecule has 2 aromatic rings. The van der Waals surface area contributed by atoms with E-state index < -0.39 is 5.91 Å². The maximum absolute atomic E-state index is 11.7. The van der Waals surface area contributed by atoms with Crippen LogP contribution in [0.25, 0.3) is 17.3 Å². The summed E-state index contributed by atoms with van der Waals surface area (Å²) in [7, 11) is 0. The second-order valence-corrected chi connectivity index (χ2v) is 5.14. The number of allylic oxidation sites excluding steroid dienone is 1. The van der Waals surface area contributed by atoms with Crippen molar-refractivity contribution < 1.29 is 4.79 Å². The van der Waals surface area contributed by atoms with E-state index in [9.17, 15) is 4.79 Å². The largest absolute Gasteiger partial charge is 0.366 e. The van der Waals surface area contributed by atoms with Gasteiger partial charge in [0.25, 0.3) is 5.91 Å². The van der Waals surface area contributed by atoms with Crippen LogP contribution in [-0.4, -0.2) is 15.5 Å². The third-order valence-electron chi connectivity index (χ3n) is 3.60. The predicted octanol–water partition coefficient (Wildman–Crippen LogP) is 3.03. The van der Waals surface area contributed by atoms with E-state index in [1.54, 1.807) is 6.20 Å². The van der Waals surface area contributed by atoms with Gasteiger partial charge < -0.3 is 10.3 Å². The van der Waals surface area contributed by atoms with E-state index >= 15 is 0 Å². The van der Waals surface area contributed by atoms with Crippen LogP contribution in [0.1, 0.15) is 28.0 Å². The van der Waals surface area contributed by atoms with Crippen LogP contribution < -0.4 is 5.73 Å². The number of amides is 1. The number of aromatic nitrogens is 2. The molecule has 20 heavy (non-hydrogen) atoms. The van der Waals surface area contributed by atoms with Crippen LogP contribution in [0, 0.1) is 6.92 Å². The topological polar surface area (TPSA) is 60.9 Å². The molecule has 0 aliphatic carbocycles. The lowest BCUT2D eigenvalue weighted by Gasteiger charge is -2.15. The number of nitrogens with zero attached hydrogens (tertiary/aromatic N) is 2. The van der Waals surface area contributed by atoms with Crippen molar-refractivity contribution in [3.8, 4) is 11.3 Å². The van der Waals surface area contributed by atoms with Gasteiger partial charge in [0.1, 0.15) is 5.15 Å². The zero-order chi connectivity index (χ0) is 14.3. The molecule has 0 saturated carbocycles. The van der Waals surface area contributed by atoms with Crippen LogP contribution in [0.5, 0.6) is 0 Å². The van der Waals surface area contributed by atoms with Gasteiger partial charge in [0, 0.05) is 18.3 Å². The van der Waals surface area contributed by atoms with Crippen molar-refractivity contribution >= 4 is 23.6 Å². The number of rotatable bonds is 2. The van der Waals surface area contributed by atoms with Gasteiger partial charge in [-0.1, -0.05) is 17.7 Å². The minimum Gasteiger partial charge on any atom is -0.366 e. The van der Waals surface area contributed by atoms with Crippen LogP contribution in [0.2, 0.25) is 5.15 Å². The highest BCUT2D eigenvalue weighted by atomic mass is 35.5. The van der Waals surface area contributed by atoms with Crippen molar-refractivity contribution in [3.63, 3.8) is 0 Å². The molecular weight excluding hydrogens is 274 g/mol. The molecule has 0 spiro atoms. The summed E-state index contributed by atoms with van der Waals surface area (Å²) in [5.74, 6) is -0.413. The monoisotopic (exact) mass is 287 g/mol. The van der Waals surface area contributed by atoms with Crippen molar-refractivity contribution in [3.05, 3.63) is 46.4 Å². The van der Waals surface area contributed by atoms with Gasteiger partial charge in [-0.2, -0.15) is 0 Å². The van der Waals surface area contributed by atoms with Gasteiger partial charge in [0.2, 0.25) is 0 Å². The summed E-state index contributed by atoms with van der Waals surface area (Å²) in [4.78, 5) is 15.9. The van der Waals surface area contributed by atoms with Crippen LogP contribution >= 0.6 is 11.6 Å². The Hall–Kier alpha value is -2.07. The highest BCUT2D eigenvalue weighted by molar-refractivity contribution is 6.32. The third kappa shape index (κ3) is 1.84. The Bertz CT molecular complexity index is 731. The molecule has 0 radical (unpaired) electrons. The molecule has 3 rings (SSSR count). The molecule has 2 N–H and O–H groups in total. The van der Waals surface area contributed by atoms with Crippen molar-refractivity contribution in [1.82, 2.24) is 9.55 Å². The Morgan fingerprint density at radius 2 is 2.30 bits per heavy atom. The summed E-state index contributed by atoms with van der Waals surface area (Å²) in [5, 5.41) is 0.432. The van der Waals surface area contributed by atoms with E-state index in [0.29, 0.717) is 10.7 Å². The standard InChI is InChI=1S/C15H14ClN3O/c1-9-12(15(17)20)11-6-2-3-8-19(11)13(9)10-5-4-7-18-14(10)16/h2,4-7H,3,8H2,1H3,(H2,17,20). The van der Waals surface area contributed by atoms with Crippen LogP contribution in [0.15, 0.2) is 24.4 Å². The lowest BCUT2D eigenvalue weighted by atomic mass is 10.1. The summed E-state index contributed by atoms with van der Waals surface area (Å²) >= 11 is 6.20. The number of carbonyl (C=O) groups excluding carboxylic acids is 1. The number of carbonyl (C=O) groups is 1. The zero-order valence-electron chi connectivity index (χ0n) is 11.1.